The van der Waals surface area contributed by atoms with Gasteiger partial charge in [0.2, 0.25) is 0 Å². The number of pyridine rings is 1. The van der Waals surface area contributed by atoms with Crippen LogP contribution < -0.4 is 5.32 Å². The molecule has 1 aromatic heterocycles. The minimum Gasteiger partial charge on any atom is -0.385 e. The summed E-state index contributed by atoms with van der Waals surface area (Å²) in [7, 11) is 0. The molecule has 26 heavy (non-hydrogen) atoms. The van der Waals surface area contributed by atoms with Gasteiger partial charge >= 0.3 is 0 Å². The van der Waals surface area contributed by atoms with E-state index in [2.05, 4.69) is 41.5 Å². The van der Waals surface area contributed by atoms with E-state index in [1.165, 1.54) is 75.3 Å². The van der Waals surface area contributed by atoms with E-state index in [1.54, 1.807) is 0 Å². The molecule has 144 valence electrons. The average molecular weight is 357 g/mol. The molecule has 0 aliphatic rings. The molecule has 2 aromatic rings. The van der Waals surface area contributed by atoms with E-state index < -0.39 is 0 Å². The van der Waals surface area contributed by atoms with E-state index in [1.807, 2.05) is 12.3 Å². The van der Waals surface area contributed by atoms with Crippen LogP contribution in [0.2, 0.25) is 0 Å². The van der Waals surface area contributed by atoms with Gasteiger partial charge in [0.1, 0.15) is 0 Å². The maximum absolute atomic E-state index is 5.69. The Morgan fingerprint density at radius 2 is 1.58 bits per heavy atom. The number of nitrogens with zero attached hydrogens (tertiary/aromatic N) is 1. The molecule has 1 N–H and O–H groups in total. The van der Waals surface area contributed by atoms with Gasteiger partial charge in [-0.25, -0.2) is 0 Å². The second-order valence-electron chi connectivity index (χ2n) is 7.13. The van der Waals surface area contributed by atoms with Crippen LogP contribution in [0.1, 0.15) is 71.1 Å². The van der Waals surface area contributed by atoms with E-state index in [-0.39, 0.29) is 0 Å². The minimum absolute atomic E-state index is 0.949. The molecule has 0 bridgehead atoms. The van der Waals surface area contributed by atoms with Crippen LogP contribution in [0.5, 0.6) is 0 Å². The molecular formula is C23H36N2O. The maximum Gasteiger partial charge on any atom is 0.0703 e. The van der Waals surface area contributed by atoms with E-state index >= 15 is 0 Å². The maximum atomic E-state index is 5.69. The Bertz CT molecular complexity index is 600. The summed E-state index contributed by atoms with van der Waals surface area (Å²) in [5.41, 5.74) is 2.25. The van der Waals surface area contributed by atoms with Crippen molar-refractivity contribution in [3.63, 3.8) is 0 Å². The second kappa shape index (κ2) is 13.6. The third-order valence-electron chi connectivity index (χ3n) is 4.79. The summed E-state index contributed by atoms with van der Waals surface area (Å²) < 4.78 is 5.69. The van der Waals surface area contributed by atoms with Crippen molar-refractivity contribution < 1.29 is 4.74 Å². The normalized spacial score (nSPS) is 11.1. The number of nitrogens with one attached hydrogen (secondary N) is 1. The fourth-order valence-electron chi connectivity index (χ4n) is 3.19. The third-order valence-corrected chi connectivity index (χ3v) is 4.79. The van der Waals surface area contributed by atoms with Gasteiger partial charge in [-0.15, -0.1) is 0 Å². The van der Waals surface area contributed by atoms with Gasteiger partial charge in [0.05, 0.1) is 5.52 Å². The van der Waals surface area contributed by atoms with Gasteiger partial charge in [0.25, 0.3) is 0 Å². The van der Waals surface area contributed by atoms with Crippen molar-refractivity contribution in [1.29, 1.82) is 0 Å². The van der Waals surface area contributed by atoms with Gasteiger partial charge in [-0.05, 0) is 43.5 Å². The Hall–Kier alpha value is -1.61. The van der Waals surface area contributed by atoms with Crippen LogP contribution in [-0.4, -0.2) is 24.7 Å². The number of hydrogen-bond acceptors (Lipinski definition) is 3. The summed E-state index contributed by atoms with van der Waals surface area (Å²) in [6, 6.07) is 10.5. The highest BCUT2D eigenvalue weighted by Crippen LogP contribution is 2.17. The highest BCUT2D eigenvalue weighted by molar-refractivity contribution is 5.82. The lowest BCUT2D eigenvalue weighted by atomic mass is 10.1. The van der Waals surface area contributed by atoms with Gasteiger partial charge < -0.3 is 10.1 Å². The van der Waals surface area contributed by atoms with Crippen LogP contribution in [0.4, 0.5) is 5.69 Å². The zero-order valence-corrected chi connectivity index (χ0v) is 16.5. The topological polar surface area (TPSA) is 34.1 Å². The highest BCUT2D eigenvalue weighted by atomic mass is 16.5. The Labute approximate surface area is 159 Å². The summed E-state index contributed by atoms with van der Waals surface area (Å²) in [6.45, 7) is 5.20. The van der Waals surface area contributed by atoms with Crippen molar-refractivity contribution >= 4 is 16.6 Å². The first kappa shape index (κ1) is 20.7. The molecule has 0 spiro atoms. The van der Waals surface area contributed by atoms with E-state index in [0.29, 0.717) is 0 Å². The van der Waals surface area contributed by atoms with Crippen LogP contribution in [-0.2, 0) is 4.74 Å². The molecular weight excluding hydrogens is 320 g/mol. The number of fused-ring (bicyclic) bond motifs is 1. The van der Waals surface area contributed by atoms with Gasteiger partial charge in [0.15, 0.2) is 0 Å². The molecule has 0 amide bonds. The summed E-state index contributed by atoms with van der Waals surface area (Å²) in [5, 5.41) is 4.73. The molecule has 3 nitrogen and oxygen atoms in total. The molecule has 0 unspecified atom stereocenters. The van der Waals surface area contributed by atoms with E-state index in [9.17, 15) is 0 Å². The zero-order valence-electron chi connectivity index (χ0n) is 16.5. The number of unbranched alkanes of at least 4 members (excludes halogenated alkanes) is 8. The van der Waals surface area contributed by atoms with Crippen molar-refractivity contribution in [2.45, 2.75) is 71.1 Å². The molecule has 0 aliphatic carbocycles. The lowest BCUT2D eigenvalue weighted by Crippen LogP contribution is -2.01. The lowest BCUT2D eigenvalue weighted by Gasteiger charge is -2.07. The van der Waals surface area contributed by atoms with Crippen LogP contribution in [0.15, 0.2) is 36.5 Å². The second-order valence-corrected chi connectivity index (χ2v) is 7.13. The lowest BCUT2D eigenvalue weighted by molar-refractivity contribution is 0.126. The quantitative estimate of drug-likeness (QED) is 0.366. The van der Waals surface area contributed by atoms with Crippen LogP contribution in [0, 0.1) is 0 Å². The fraction of sp³-hybridized carbons (Fsp3) is 0.609. The number of benzene rings is 1. The Morgan fingerprint density at radius 1 is 0.846 bits per heavy atom. The Kier molecular flexibility index (Phi) is 10.8. The third kappa shape index (κ3) is 8.66. The van der Waals surface area contributed by atoms with Crippen molar-refractivity contribution in [2.75, 3.05) is 25.1 Å². The van der Waals surface area contributed by atoms with Crippen molar-refractivity contribution in [1.82, 2.24) is 4.98 Å². The largest absolute Gasteiger partial charge is 0.385 e. The first-order valence-corrected chi connectivity index (χ1v) is 10.6. The summed E-state index contributed by atoms with van der Waals surface area (Å²) in [5.74, 6) is 0. The highest BCUT2D eigenvalue weighted by Gasteiger charge is 1.97. The van der Waals surface area contributed by atoms with Gasteiger partial charge in [-0.3, -0.25) is 4.98 Å². The van der Waals surface area contributed by atoms with Gasteiger partial charge in [0, 0.05) is 37.0 Å². The number of ether oxygens (including phenoxy) is 1. The molecule has 0 aliphatic heterocycles. The fourth-order valence-corrected chi connectivity index (χ4v) is 3.19. The predicted molar refractivity (Wildman–Crippen MR) is 113 cm³/mol. The van der Waals surface area contributed by atoms with Crippen LogP contribution in [0.3, 0.4) is 0 Å². The van der Waals surface area contributed by atoms with Gasteiger partial charge in [-0.2, -0.15) is 0 Å². The van der Waals surface area contributed by atoms with Gasteiger partial charge in [-0.1, -0.05) is 57.9 Å². The van der Waals surface area contributed by atoms with E-state index in [0.717, 1.165) is 25.3 Å². The average Bonchev–Trinajstić information content (AvgIpc) is 2.68. The molecule has 1 aromatic carbocycles. The molecule has 2 rings (SSSR count). The standard InChI is InChI=1S/C23H36N2O/c1-2-3-4-10-18-26-19-11-8-6-5-7-9-16-24-22-14-15-23-21(20-22)13-12-17-25-23/h12-15,17,20,24H,2-11,16,18-19H2,1H3. The van der Waals surface area contributed by atoms with E-state index in [4.69, 9.17) is 4.74 Å². The first-order valence-electron chi connectivity index (χ1n) is 10.6. The Balaban J connectivity index is 1.40. The molecule has 0 radical (unpaired) electrons. The first-order chi connectivity index (χ1) is 12.9. The monoisotopic (exact) mass is 356 g/mol. The minimum atomic E-state index is 0.949. The summed E-state index contributed by atoms with van der Waals surface area (Å²) in [6.07, 6.45) is 14.8. The molecule has 0 fully saturated rings. The number of hydrogen-bond donors (Lipinski definition) is 1. The number of rotatable bonds is 15. The zero-order chi connectivity index (χ0) is 18.3. The van der Waals surface area contributed by atoms with Crippen molar-refractivity contribution in [3.8, 4) is 0 Å². The SMILES string of the molecule is CCCCCCOCCCCCCCCNc1ccc2ncccc2c1. The van der Waals surface area contributed by atoms with Crippen molar-refractivity contribution in [2.24, 2.45) is 0 Å². The van der Waals surface area contributed by atoms with Crippen LogP contribution >= 0.6 is 0 Å². The van der Waals surface area contributed by atoms with Crippen LogP contribution in [0.25, 0.3) is 10.9 Å². The predicted octanol–water partition coefficient (Wildman–Crippen LogP) is 6.58. The van der Waals surface area contributed by atoms with Crippen molar-refractivity contribution in [3.05, 3.63) is 36.5 Å². The number of anilines is 1. The summed E-state index contributed by atoms with van der Waals surface area (Å²) >= 11 is 0. The Morgan fingerprint density at radius 3 is 2.38 bits per heavy atom. The smallest absolute Gasteiger partial charge is 0.0703 e. The molecule has 0 saturated heterocycles. The summed E-state index contributed by atoms with van der Waals surface area (Å²) in [4.78, 5) is 4.36. The molecule has 3 heteroatoms. The molecule has 1 heterocycles. The molecule has 0 atom stereocenters. The number of aromatic nitrogens is 1. The molecule has 0 saturated carbocycles.